The molecule has 2 amide bonds. The van der Waals surface area contributed by atoms with E-state index >= 15 is 0 Å². The summed E-state index contributed by atoms with van der Waals surface area (Å²) in [6.45, 7) is 4.05. The van der Waals surface area contributed by atoms with Gasteiger partial charge in [0.2, 0.25) is 11.8 Å². The highest BCUT2D eigenvalue weighted by molar-refractivity contribution is 6.05. The fourth-order valence-electron chi connectivity index (χ4n) is 2.60. The topological polar surface area (TPSA) is 111 Å². The first-order valence-electron chi connectivity index (χ1n) is 8.10. The third-order valence-corrected chi connectivity index (χ3v) is 3.73. The molecule has 0 aliphatic carbocycles. The van der Waals surface area contributed by atoms with Crippen LogP contribution in [0.15, 0.2) is 28.9 Å². The molecule has 0 bridgehead atoms. The number of pyridine rings is 1. The second-order valence-corrected chi connectivity index (χ2v) is 5.58. The lowest BCUT2D eigenvalue weighted by atomic mass is 9.97. The first-order valence-corrected chi connectivity index (χ1v) is 8.10. The number of nitrogens with zero attached hydrogens (tertiary/aromatic N) is 2. The third-order valence-electron chi connectivity index (χ3n) is 3.73. The van der Waals surface area contributed by atoms with E-state index in [1.807, 2.05) is 13.8 Å². The Morgan fingerprint density at radius 2 is 1.96 bits per heavy atom. The van der Waals surface area contributed by atoms with Crippen LogP contribution in [0.3, 0.4) is 0 Å². The molecular formula is C17H22N4O3. The Kier molecular flexibility index (Phi) is 6.06. The van der Waals surface area contributed by atoms with E-state index in [1.165, 1.54) is 0 Å². The van der Waals surface area contributed by atoms with E-state index in [0.29, 0.717) is 5.69 Å². The van der Waals surface area contributed by atoms with Crippen molar-refractivity contribution >= 4 is 17.7 Å². The summed E-state index contributed by atoms with van der Waals surface area (Å²) >= 11 is 0. The van der Waals surface area contributed by atoms with Gasteiger partial charge in [0.25, 0.3) is 5.91 Å². The van der Waals surface area contributed by atoms with Gasteiger partial charge in [0.05, 0.1) is 5.69 Å². The maximum absolute atomic E-state index is 12.4. The molecule has 2 aromatic heterocycles. The Morgan fingerprint density at radius 1 is 1.25 bits per heavy atom. The quantitative estimate of drug-likeness (QED) is 0.773. The number of nitrogens with two attached hydrogens (primary N) is 1. The van der Waals surface area contributed by atoms with E-state index in [2.05, 4.69) is 15.5 Å². The first-order chi connectivity index (χ1) is 11.6. The van der Waals surface area contributed by atoms with Gasteiger partial charge in [-0.3, -0.25) is 19.9 Å². The molecule has 0 unspecified atom stereocenters. The fraction of sp³-hybridized carbons (Fsp3) is 0.412. The molecule has 0 atom stereocenters. The molecule has 128 valence electrons. The Hall–Kier alpha value is -2.70. The molecule has 0 saturated carbocycles. The van der Waals surface area contributed by atoms with Crippen molar-refractivity contribution in [3.63, 3.8) is 0 Å². The minimum atomic E-state index is -0.727. The van der Waals surface area contributed by atoms with Crippen molar-refractivity contribution in [1.82, 2.24) is 10.1 Å². The number of aromatic nitrogens is 2. The Balaban J connectivity index is 2.29. The van der Waals surface area contributed by atoms with Crippen molar-refractivity contribution in [3.8, 4) is 11.4 Å². The number of hydrogen-bond acceptors (Lipinski definition) is 5. The van der Waals surface area contributed by atoms with Crippen LogP contribution in [-0.4, -0.2) is 22.0 Å². The number of carbonyl (C=O) groups is 2. The standard InChI is InChI=1S/C17H22N4O3/c1-3-7-11(8-4-2)16(23)20-17-13(15(18)22)14(21-24-17)12-9-5-6-10-19-12/h5-6,9-11H,3-4,7-8H2,1-2H3,(H2,18,22)(H,20,23). The second-order valence-electron chi connectivity index (χ2n) is 5.58. The lowest BCUT2D eigenvalue weighted by Gasteiger charge is -2.14. The van der Waals surface area contributed by atoms with Crippen LogP contribution in [-0.2, 0) is 4.79 Å². The van der Waals surface area contributed by atoms with Crippen LogP contribution in [0.25, 0.3) is 11.4 Å². The molecule has 7 heteroatoms. The summed E-state index contributed by atoms with van der Waals surface area (Å²) in [6.07, 6.45) is 4.91. The van der Waals surface area contributed by atoms with E-state index in [-0.39, 0.29) is 29.0 Å². The molecular weight excluding hydrogens is 308 g/mol. The molecule has 2 rings (SSSR count). The molecule has 2 aromatic rings. The lowest BCUT2D eigenvalue weighted by Crippen LogP contribution is -2.24. The minimum absolute atomic E-state index is 0.0228. The van der Waals surface area contributed by atoms with Crippen molar-refractivity contribution in [1.29, 1.82) is 0 Å². The van der Waals surface area contributed by atoms with Gasteiger partial charge in [-0.05, 0) is 25.0 Å². The fourth-order valence-corrected chi connectivity index (χ4v) is 2.60. The molecule has 0 aliphatic rings. The van der Waals surface area contributed by atoms with Crippen LogP contribution >= 0.6 is 0 Å². The Morgan fingerprint density at radius 3 is 2.50 bits per heavy atom. The number of primary amides is 1. The summed E-state index contributed by atoms with van der Waals surface area (Å²) in [4.78, 5) is 28.4. The smallest absolute Gasteiger partial charge is 0.256 e. The van der Waals surface area contributed by atoms with Gasteiger partial charge in [-0.2, -0.15) is 0 Å². The summed E-state index contributed by atoms with van der Waals surface area (Å²) in [5.74, 6) is -1.07. The number of carbonyl (C=O) groups excluding carboxylic acids is 2. The molecule has 7 nitrogen and oxygen atoms in total. The van der Waals surface area contributed by atoms with Gasteiger partial charge in [0.1, 0.15) is 11.3 Å². The van der Waals surface area contributed by atoms with Crippen molar-refractivity contribution < 1.29 is 14.1 Å². The molecule has 0 fully saturated rings. The van der Waals surface area contributed by atoms with Crippen LogP contribution in [0.2, 0.25) is 0 Å². The van der Waals surface area contributed by atoms with Gasteiger partial charge in [-0.25, -0.2) is 0 Å². The van der Waals surface area contributed by atoms with Gasteiger partial charge in [-0.1, -0.05) is 37.9 Å². The maximum atomic E-state index is 12.4. The first kappa shape index (κ1) is 17.7. The highest BCUT2D eigenvalue weighted by atomic mass is 16.5. The monoisotopic (exact) mass is 330 g/mol. The average Bonchev–Trinajstić information content (AvgIpc) is 2.99. The molecule has 24 heavy (non-hydrogen) atoms. The number of anilines is 1. The van der Waals surface area contributed by atoms with Crippen molar-refractivity contribution in [2.45, 2.75) is 39.5 Å². The van der Waals surface area contributed by atoms with E-state index in [1.54, 1.807) is 24.4 Å². The maximum Gasteiger partial charge on any atom is 0.256 e. The van der Waals surface area contributed by atoms with E-state index in [0.717, 1.165) is 25.7 Å². The Labute approximate surface area is 140 Å². The lowest BCUT2D eigenvalue weighted by molar-refractivity contribution is -0.120. The second kappa shape index (κ2) is 8.24. The summed E-state index contributed by atoms with van der Waals surface area (Å²) in [5, 5.41) is 6.51. The zero-order valence-corrected chi connectivity index (χ0v) is 13.9. The van der Waals surface area contributed by atoms with E-state index in [4.69, 9.17) is 10.3 Å². The molecule has 0 saturated heterocycles. The number of hydrogen-bond donors (Lipinski definition) is 2. The molecule has 3 N–H and O–H groups in total. The van der Waals surface area contributed by atoms with Gasteiger partial charge in [0.15, 0.2) is 0 Å². The number of nitrogens with one attached hydrogen (secondary N) is 1. The summed E-state index contributed by atoms with van der Waals surface area (Å²) in [7, 11) is 0. The highest BCUT2D eigenvalue weighted by Gasteiger charge is 2.26. The van der Waals surface area contributed by atoms with Gasteiger partial charge in [-0.15, -0.1) is 0 Å². The van der Waals surface area contributed by atoms with Crippen LogP contribution in [0.1, 0.15) is 49.9 Å². The predicted molar refractivity (Wildman–Crippen MR) is 90.2 cm³/mol. The predicted octanol–water partition coefficient (Wildman–Crippen LogP) is 2.99. The van der Waals surface area contributed by atoms with Crippen molar-refractivity contribution in [2.75, 3.05) is 5.32 Å². The summed E-state index contributed by atoms with van der Waals surface area (Å²) < 4.78 is 5.17. The van der Waals surface area contributed by atoms with Crippen LogP contribution in [0, 0.1) is 5.92 Å². The average molecular weight is 330 g/mol. The SMILES string of the molecule is CCCC(CCC)C(=O)Nc1onc(-c2ccccn2)c1C(N)=O. The molecule has 0 radical (unpaired) electrons. The van der Waals surface area contributed by atoms with Crippen molar-refractivity contribution in [2.24, 2.45) is 11.7 Å². The zero-order chi connectivity index (χ0) is 17.5. The Bertz CT molecular complexity index is 691. The van der Waals surface area contributed by atoms with E-state index in [9.17, 15) is 9.59 Å². The molecule has 0 aliphatic heterocycles. The molecule has 0 aromatic carbocycles. The minimum Gasteiger partial charge on any atom is -0.365 e. The van der Waals surface area contributed by atoms with Crippen molar-refractivity contribution in [3.05, 3.63) is 30.0 Å². The van der Waals surface area contributed by atoms with Crippen LogP contribution in [0.4, 0.5) is 5.88 Å². The van der Waals surface area contributed by atoms with E-state index < -0.39 is 5.91 Å². The largest absolute Gasteiger partial charge is 0.365 e. The third kappa shape index (κ3) is 3.98. The highest BCUT2D eigenvalue weighted by Crippen LogP contribution is 2.28. The normalized spacial score (nSPS) is 10.8. The van der Waals surface area contributed by atoms with Gasteiger partial charge in [0, 0.05) is 12.1 Å². The van der Waals surface area contributed by atoms with Gasteiger partial charge >= 0.3 is 0 Å². The zero-order valence-electron chi connectivity index (χ0n) is 13.9. The van der Waals surface area contributed by atoms with Crippen LogP contribution < -0.4 is 11.1 Å². The summed E-state index contributed by atoms with van der Waals surface area (Å²) in [6, 6.07) is 5.20. The molecule has 0 spiro atoms. The van der Waals surface area contributed by atoms with Crippen LogP contribution in [0.5, 0.6) is 0 Å². The number of rotatable bonds is 8. The number of amides is 2. The van der Waals surface area contributed by atoms with Gasteiger partial charge < -0.3 is 10.3 Å². The summed E-state index contributed by atoms with van der Waals surface area (Å²) in [5.41, 5.74) is 6.16. The molecule has 2 heterocycles.